The van der Waals surface area contributed by atoms with Gasteiger partial charge in [-0.25, -0.2) is 0 Å². The van der Waals surface area contributed by atoms with Crippen LogP contribution in [0.15, 0.2) is 0 Å². The summed E-state index contributed by atoms with van der Waals surface area (Å²) in [4.78, 5) is 0. The highest BCUT2D eigenvalue weighted by molar-refractivity contribution is 5.25. The lowest BCUT2D eigenvalue weighted by molar-refractivity contribution is 0.618. The lowest BCUT2D eigenvalue weighted by Gasteiger charge is -2.10. The topological polar surface area (TPSA) is 43.8 Å². The van der Waals surface area contributed by atoms with Crippen LogP contribution >= 0.6 is 0 Å². The second-order valence-corrected chi connectivity index (χ2v) is 4.20. The van der Waals surface area contributed by atoms with Crippen molar-refractivity contribution in [2.45, 2.75) is 46.1 Å². The normalized spacial score (nSPS) is 12.1. The van der Waals surface area contributed by atoms with Gasteiger partial charge in [0.25, 0.3) is 0 Å². The van der Waals surface area contributed by atoms with E-state index in [1.165, 1.54) is 11.3 Å². The molecule has 0 spiro atoms. The van der Waals surface area contributed by atoms with Crippen molar-refractivity contribution in [3.05, 3.63) is 17.0 Å². The SMILES string of the molecule is CC#CCCC(N)Cc1c(C)nn(C)c1C. The van der Waals surface area contributed by atoms with E-state index in [4.69, 9.17) is 5.73 Å². The summed E-state index contributed by atoms with van der Waals surface area (Å²) in [6.07, 6.45) is 2.74. The molecule has 1 aromatic rings. The third-order valence-electron chi connectivity index (χ3n) is 2.94. The molecule has 1 heterocycles. The summed E-state index contributed by atoms with van der Waals surface area (Å²) < 4.78 is 1.92. The van der Waals surface area contributed by atoms with Crippen molar-refractivity contribution in [2.75, 3.05) is 0 Å². The lowest BCUT2D eigenvalue weighted by Crippen LogP contribution is -2.23. The van der Waals surface area contributed by atoms with E-state index in [1.54, 1.807) is 0 Å². The molecule has 2 N–H and O–H groups in total. The standard InChI is InChI=1S/C13H21N3/c1-5-6-7-8-12(14)9-13-10(2)15-16(4)11(13)3/h12H,7-9,14H2,1-4H3. The van der Waals surface area contributed by atoms with Gasteiger partial charge in [-0.2, -0.15) is 5.10 Å². The summed E-state index contributed by atoms with van der Waals surface area (Å²) in [5, 5.41) is 4.39. The summed E-state index contributed by atoms with van der Waals surface area (Å²) in [6, 6.07) is 0.183. The Balaban J connectivity index is 2.61. The van der Waals surface area contributed by atoms with E-state index in [0.717, 1.165) is 25.0 Å². The minimum Gasteiger partial charge on any atom is -0.327 e. The van der Waals surface area contributed by atoms with E-state index in [-0.39, 0.29) is 6.04 Å². The van der Waals surface area contributed by atoms with Crippen LogP contribution in [-0.4, -0.2) is 15.8 Å². The van der Waals surface area contributed by atoms with Crippen molar-refractivity contribution in [3.63, 3.8) is 0 Å². The molecule has 1 atom stereocenters. The Morgan fingerprint density at radius 1 is 1.44 bits per heavy atom. The van der Waals surface area contributed by atoms with Crippen molar-refractivity contribution in [1.82, 2.24) is 9.78 Å². The number of nitrogens with two attached hydrogens (primary N) is 1. The van der Waals surface area contributed by atoms with Crippen molar-refractivity contribution in [1.29, 1.82) is 0 Å². The quantitative estimate of drug-likeness (QED) is 0.783. The lowest BCUT2D eigenvalue weighted by atomic mass is 10.0. The van der Waals surface area contributed by atoms with Crippen LogP contribution in [0.3, 0.4) is 0 Å². The number of aromatic nitrogens is 2. The smallest absolute Gasteiger partial charge is 0.0628 e. The van der Waals surface area contributed by atoms with Crippen LogP contribution in [-0.2, 0) is 13.5 Å². The molecule has 0 fully saturated rings. The molecule has 0 saturated carbocycles. The Labute approximate surface area is 98.0 Å². The van der Waals surface area contributed by atoms with Crippen molar-refractivity contribution >= 4 is 0 Å². The molecule has 1 unspecified atom stereocenters. The molecule has 0 amide bonds. The van der Waals surface area contributed by atoms with Gasteiger partial charge < -0.3 is 5.73 Å². The fraction of sp³-hybridized carbons (Fsp3) is 0.615. The highest BCUT2D eigenvalue weighted by atomic mass is 15.3. The maximum Gasteiger partial charge on any atom is 0.0628 e. The number of rotatable bonds is 4. The molecule has 0 aromatic carbocycles. The van der Waals surface area contributed by atoms with Crippen LogP contribution in [0.4, 0.5) is 0 Å². The molecule has 0 aliphatic heterocycles. The first-order valence-electron chi connectivity index (χ1n) is 5.70. The van der Waals surface area contributed by atoms with Crippen molar-refractivity contribution in [3.8, 4) is 11.8 Å². The second-order valence-electron chi connectivity index (χ2n) is 4.20. The summed E-state index contributed by atoms with van der Waals surface area (Å²) in [5.41, 5.74) is 9.69. The monoisotopic (exact) mass is 219 g/mol. The highest BCUT2D eigenvalue weighted by Crippen LogP contribution is 2.14. The molecule has 0 bridgehead atoms. The molecule has 0 aliphatic rings. The van der Waals surface area contributed by atoms with Crippen molar-refractivity contribution in [2.24, 2.45) is 12.8 Å². The van der Waals surface area contributed by atoms with Crippen LogP contribution in [0.2, 0.25) is 0 Å². The summed E-state index contributed by atoms with van der Waals surface area (Å²) >= 11 is 0. The van der Waals surface area contributed by atoms with Gasteiger partial charge in [0.05, 0.1) is 5.69 Å². The molecule has 0 saturated heterocycles. The van der Waals surface area contributed by atoms with Crippen LogP contribution in [0, 0.1) is 25.7 Å². The maximum absolute atomic E-state index is 6.09. The fourth-order valence-electron chi connectivity index (χ4n) is 1.86. The largest absolute Gasteiger partial charge is 0.327 e. The third-order valence-corrected chi connectivity index (χ3v) is 2.94. The Morgan fingerprint density at radius 3 is 2.62 bits per heavy atom. The van der Waals surface area contributed by atoms with Crippen molar-refractivity contribution < 1.29 is 0 Å². The van der Waals surface area contributed by atoms with Crippen LogP contribution in [0.5, 0.6) is 0 Å². The molecular weight excluding hydrogens is 198 g/mol. The first-order chi connectivity index (χ1) is 7.56. The predicted octanol–water partition coefficient (Wildman–Crippen LogP) is 1.71. The summed E-state index contributed by atoms with van der Waals surface area (Å²) in [7, 11) is 1.97. The molecule has 88 valence electrons. The number of nitrogens with zero attached hydrogens (tertiary/aromatic N) is 2. The molecular formula is C13H21N3. The zero-order valence-electron chi connectivity index (χ0n) is 10.7. The van der Waals surface area contributed by atoms with Gasteiger partial charge in [-0.3, -0.25) is 4.68 Å². The predicted molar refractivity (Wildman–Crippen MR) is 67.0 cm³/mol. The Morgan fingerprint density at radius 2 is 2.12 bits per heavy atom. The second kappa shape index (κ2) is 5.72. The third kappa shape index (κ3) is 3.11. The van der Waals surface area contributed by atoms with Gasteiger partial charge in [0.15, 0.2) is 0 Å². The van der Waals surface area contributed by atoms with Gasteiger partial charge in [0.1, 0.15) is 0 Å². The first kappa shape index (κ1) is 12.8. The molecule has 0 aliphatic carbocycles. The van der Waals surface area contributed by atoms with E-state index >= 15 is 0 Å². The average molecular weight is 219 g/mol. The van der Waals surface area contributed by atoms with E-state index < -0.39 is 0 Å². The van der Waals surface area contributed by atoms with Gasteiger partial charge in [-0.05, 0) is 39.2 Å². The molecule has 1 rings (SSSR count). The van der Waals surface area contributed by atoms with Gasteiger partial charge >= 0.3 is 0 Å². The minimum absolute atomic E-state index is 0.183. The number of hydrogen-bond acceptors (Lipinski definition) is 2. The Hall–Kier alpha value is -1.27. The molecule has 0 radical (unpaired) electrons. The van der Waals surface area contributed by atoms with Crippen LogP contribution < -0.4 is 5.73 Å². The number of aryl methyl sites for hydroxylation is 2. The van der Waals surface area contributed by atoms with E-state index in [1.807, 2.05) is 25.6 Å². The average Bonchev–Trinajstić information content (AvgIpc) is 2.46. The molecule has 16 heavy (non-hydrogen) atoms. The summed E-state index contributed by atoms with van der Waals surface area (Å²) in [6.45, 7) is 6.00. The van der Waals surface area contributed by atoms with E-state index in [0.29, 0.717) is 0 Å². The zero-order valence-corrected chi connectivity index (χ0v) is 10.7. The van der Waals surface area contributed by atoms with E-state index in [9.17, 15) is 0 Å². The molecule has 1 aromatic heterocycles. The zero-order chi connectivity index (χ0) is 12.1. The maximum atomic E-state index is 6.09. The summed E-state index contributed by atoms with van der Waals surface area (Å²) in [5.74, 6) is 5.94. The van der Waals surface area contributed by atoms with Gasteiger partial charge in [-0.1, -0.05) is 0 Å². The number of hydrogen-bond donors (Lipinski definition) is 1. The Kier molecular flexibility index (Phi) is 4.57. The Bertz CT molecular complexity index is 407. The van der Waals surface area contributed by atoms with Gasteiger partial charge in [-0.15, -0.1) is 11.8 Å². The minimum atomic E-state index is 0.183. The van der Waals surface area contributed by atoms with E-state index in [2.05, 4.69) is 23.9 Å². The van der Waals surface area contributed by atoms with Crippen LogP contribution in [0.1, 0.15) is 36.7 Å². The molecule has 3 heteroatoms. The fourth-order valence-corrected chi connectivity index (χ4v) is 1.86. The highest BCUT2D eigenvalue weighted by Gasteiger charge is 2.12. The first-order valence-corrected chi connectivity index (χ1v) is 5.70. The van der Waals surface area contributed by atoms with Gasteiger partial charge in [0, 0.05) is 25.2 Å². The van der Waals surface area contributed by atoms with Crippen LogP contribution in [0.25, 0.3) is 0 Å². The molecule has 3 nitrogen and oxygen atoms in total. The van der Waals surface area contributed by atoms with Gasteiger partial charge in [0.2, 0.25) is 0 Å².